The number of nitrogen functional groups attached to an aromatic ring is 1. The van der Waals surface area contributed by atoms with Crippen LogP contribution in [0.15, 0.2) is 69.1 Å². The van der Waals surface area contributed by atoms with E-state index in [0.29, 0.717) is 11.3 Å². The number of hydrogen-bond donors (Lipinski definition) is 2. The van der Waals surface area contributed by atoms with E-state index in [0.717, 1.165) is 12.0 Å². The second kappa shape index (κ2) is 11.5. The summed E-state index contributed by atoms with van der Waals surface area (Å²) >= 11 is 1.21. The Hall–Kier alpha value is -3.86. The fourth-order valence-corrected chi connectivity index (χ4v) is 4.46. The molecule has 3 aromatic rings. The van der Waals surface area contributed by atoms with E-state index in [1.54, 1.807) is 19.1 Å². The lowest BCUT2D eigenvalue weighted by molar-refractivity contribution is -0.384. The number of aromatic nitrogens is 2. The van der Waals surface area contributed by atoms with Crippen molar-refractivity contribution in [1.29, 1.82) is 0 Å². The quantitative estimate of drug-likeness (QED) is 0.248. The zero-order valence-corrected chi connectivity index (χ0v) is 20.3. The summed E-state index contributed by atoms with van der Waals surface area (Å²) < 4.78 is 1.24. The zero-order valence-electron chi connectivity index (χ0n) is 19.5. The smallest absolute Gasteiger partial charge is 0.330 e. The highest BCUT2D eigenvalue weighted by Crippen LogP contribution is 2.28. The van der Waals surface area contributed by atoms with E-state index in [-0.39, 0.29) is 36.2 Å². The van der Waals surface area contributed by atoms with Crippen molar-refractivity contribution in [1.82, 2.24) is 9.55 Å². The van der Waals surface area contributed by atoms with Crippen LogP contribution in [0.25, 0.3) is 0 Å². The minimum Gasteiger partial charge on any atom is -0.383 e. The highest BCUT2D eigenvalue weighted by Gasteiger charge is 2.28. The second-order valence-corrected chi connectivity index (χ2v) is 9.33. The van der Waals surface area contributed by atoms with Crippen molar-refractivity contribution < 1.29 is 9.72 Å². The maximum Gasteiger partial charge on any atom is 0.330 e. The van der Waals surface area contributed by atoms with Gasteiger partial charge in [0.15, 0.2) is 5.69 Å². The number of nitrogens with zero attached hydrogens (tertiary/aromatic N) is 3. The van der Waals surface area contributed by atoms with Crippen LogP contribution in [-0.4, -0.2) is 32.2 Å². The second-order valence-electron chi connectivity index (χ2n) is 7.92. The first-order valence-electron chi connectivity index (χ1n) is 11.1. The molecule has 35 heavy (non-hydrogen) atoms. The molecular formula is C24H27N5O5S. The van der Waals surface area contributed by atoms with Crippen molar-refractivity contribution in [2.45, 2.75) is 43.4 Å². The molecule has 0 aliphatic carbocycles. The molecule has 0 aliphatic heterocycles. The van der Waals surface area contributed by atoms with Gasteiger partial charge in [-0.1, -0.05) is 43.7 Å². The molecule has 0 saturated heterocycles. The molecule has 1 atom stereocenters. The summed E-state index contributed by atoms with van der Waals surface area (Å²) in [5.41, 5.74) is 5.64. The molecule has 0 radical (unpaired) electrons. The van der Waals surface area contributed by atoms with Gasteiger partial charge >= 0.3 is 5.69 Å². The van der Waals surface area contributed by atoms with Gasteiger partial charge < -0.3 is 10.6 Å². The third-order valence-corrected chi connectivity index (χ3v) is 6.48. The predicted molar refractivity (Wildman–Crippen MR) is 137 cm³/mol. The fourth-order valence-electron chi connectivity index (χ4n) is 3.53. The molecule has 3 N–H and O–H groups in total. The third-order valence-electron chi connectivity index (χ3n) is 5.38. The molecule has 0 fully saturated rings. The first kappa shape index (κ1) is 25.8. The molecule has 1 aromatic heterocycles. The van der Waals surface area contributed by atoms with Crippen LogP contribution < -0.4 is 21.9 Å². The van der Waals surface area contributed by atoms with Crippen molar-refractivity contribution in [2.24, 2.45) is 0 Å². The molecule has 1 amide bonds. The van der Waals surface area contributed by atoms with Crippen LogP contribution in [0.4, 0.5) is 17.2 Å². The van der Waals surface area contributed by atoms with E-state index in [4.69, 9.17) is 5.73 Å². The number of aromatic amines is 1. The van der Waals surface area contributed by atoms with E-state index in [1.807, 2.05) is 37.3 Å². The van der Waals surface area contributed by atoms with Gasteiger partial charge in [-0.25, -0.2) is 4.79 Å². The minimum absolute atomic E-state index is 0.0436. The molecule has 1 heterocycles. The monoisotopic (exact) mass is 497 g/mol. The van der Waals surface area contributed by atoms with Crippen LogP contribution in [0, 0.1) is 10.1 Å². The summed E-state index contributed by atoms with van der Waals surface area (Å²) in [6.45, 7) is 4.04. The molecule has 184 valence electrons. The zero-order chi connectivity index (χ0) is 25.5. The van der Waals surface area contributed by atoms with Crippen molar-refractivity contribution in [3.63, 3.8) is 0 Å². The van der Waals surface area contributed by atoms with Crippen LogP contribution in [0.1, 0.15) is 32.3 Å². The fraction of sp³-hybridized carbons (Fsp3) is 0.292. The lowest BCUT2D eigenvalue weighted by Gasteiger charge is -2.27. The van der Waals surface area contributed by atoms with E-state index in [9.17, 15) is 24.5 Å². The molecule has 0 saturated carbocycles. The summed E-state index contributed by atoms with van der Waals surface area (Å²) in [5.74, 6) is -0.441. The van der Waals surface area contributed by atoms with Crippen molar-refractivity contribution in [3.8, 4) is 0 Å². The number of rotatable bonds is 10. The number of anilines is 2. The number of unbranched alkanes of at least 4 members (excludes halogenated alkanes) is 1. The highest BCUT2D eigenvalue weighted by molar-refractivity contribution is 8.00. The number of thioether (sulfide) groups is 1. The van der Waals surface area contributed by atoms with Crippen LogP contribution in [0.5, 0.6) is 0 Å². The first-order chi connectivity index (χ1) is 16.7. The molecule has 10 nitrogen and oxygen atoms in total. The minimum atomic E-state index is -0.728. The maximum absolute atomic E-state index is 13.5. The number of benzene rings is 2. The van der Waals surface area contributed by atoms with Crippen molar-refractivity contribution >= 4 is 34.9 Å². The number of nitro benzene ring substituents is 1. The van der Waals surface area contributed by atoms with E-state index in [2.05, 4.69) is 4.98 Å². The summed E-state index contributed by atoms with van der Waals surface area (Å²) in [5, 5.41) is 10.3. The van der Waals surface area contributed by atoms with Crippen LogP contribution in [-0.2, 0) is 11.3 Å². The van der Waals surface area contributed by atoms with Gasteiger partial charge in [0.1, 0.15) is 5.82 Å². The topological polar surface area (TPSA) is 144 Å². The van der Waals surface area contributed by atoms with Gasteiger partial charge in [-0.15, -0.1) is 11.8 Å². The van der Waals surface area contributed by atoms with Crippen molar-refractivity contribution in [2.75, 3.05) is 17.2 Å². The summed E-state index contributed by atoms with van der Waals surface area (Å²) in [4.78, 5) is 53.6. The normalized spacial score (nSPS) is 11.7. The standard InChI is InChI=1S/C24H27N5O5S/c1-3-4-14-27(23(31)16(2)35-19-12-10-18(11-13-19)29(33)34)20-21(25)28(24(32)26-22(20)30)15-17-8-6-5-7-9-17/h5-13,16H,3-4,14-15,25H2,1-2H3,(H,26,30,32). The number of amides is 1. The highest BCUT2D eigenvalue weighted by atomic mass is 32.2. The summed E-state index contributed by atoms with van der Waals surface area (Å²) in [6, 6.07) is 15.1. The van der Waals surface area contributed by atoms with E-state index >= 15 is 0 Å². The van der Waals surface area contributed by atoms with E-state index in [1.165, 1.54) is 33.4 Å². The van der Waals surface area contributed by atoms with Crippen LogP contribution >= 0.6 is 11.8 Å². The predicted octanol–water partition coefficient (Wildman–Crippen LogP) is 3.39. The Bertz CT molecular complexity index is 1300. The van der Waals surface area contributed by atoms with Gasteiger partial charge in [-0.2, -0.15) is 0 Å². The van der Waals surface area contributed by atoms with Gasteiger partial charge in [0.05, 0.1) is 16.7 Å². The van der Waals surface area contributed by atoms with Gasteiger partial charge in [0, 0.05) is 23.6 Å². The maximum atomic E-state index is 13.5. The summed E-state index contributed by atoms with van der Waals surface area (Å²) in [6.07, 6.45) is 1.40. The first-order valence-corrected chi connectivity index (χ1v) is 12.0. The average molecular weight is 498 g/mol. The molecule has 1 unspecified atom stereocenters. The Labute approximate surface area is 205 Å². The number of nitrogens with one attached hydrogen (secondary N) is 1. The SMILES string of the molecule is CCCCN(C(=O)C(C)Sc1ccc([N+](=O)[O-])cc1)c1c(N)n(Cc2ccccc2)c(=O)[nH]c1=O. The Morgan fingerprint density at radius 1 is 1.17 bits per heavy atom. The average Bonchev–Trinajstić information content (AvgIpc) is 2.84. The number of H-pyrrole nitrogens is 1. The van der Waals surface area contributed by atoms with Crippen LogP contribution in [0.2, 0.25) is 0 Å². The lowest BCUT2D eigenvalue weighted by Crippen LogP contribution is -2.44. The molecular weight excluding hydrogens is 470 g/mol. The van der Waals surface area contributed by atoms with Gasteiger partial charge in [0.2, 0.25) is 5.91 Å². The number of hydrogen-bond acceptors (Lipinski definition) is 7. The number of carbonyl (C=O) groups is 1. The largest absolute Gasteiger partial charge is 0.383 e. The van der Waals surface area contributed by atoms with Gasteiger partial charge in [-0.3, -0.25) is 29.3 Å². The number of non-ortho nitro benzene ring substituents is 1. The van der Waals surface area contributed by atoms with Gasteiger partial charge in [-0.05, 0) is 31.0 Å². The molecule has 3 rings (SSSR count). The molecule has 0 bridgehead atoms. The molecule has 0 aliphatic rings. The third kappa shape index (κ3) is 6.18. The molecule has 0 spiro atoms. The molecule has 2 aromatic carbocycles. The lowest BCUT2D eigenvalue weighted by atomic mass is 10.2. The van der Waals surface area contributed by atoms with Crippen molar-refractivity contribution in [3.05, 3.63) is 91.1 Å². The van der Waals surface area contributed by atoms with Crippen LogP contribution in [0.3, 0.4) is 0 Å². The Morgan fingerprint density at radius 3 is 2.43 bits per heavy atom. The van der Waals surface area contributed by atoms with Gasteiger partial charge in [0.25, 0.3) is 11.2 Å². The Morgan fingerprint density at radius 2 is 1.83 bits per heavy atom. The summed E-state index contributed by atoms with van der Waals surface area (Å²) in [7, 11) is 0. The Balaban J connectivity index is 1.95. The number of nitro groups is 1. The Kier molecular flexibility index (Phi) is 8.48. The van der Waals surface area contributed by atoms with E-state index < -0.39 is 21.4 Å². The molecule has 11 heteroatoms. The number of nitrogens with two attached hydrogens (primary N) is 1. The number of carbonyl (C=O) groups excluding carboxylic acids is 1.